The Labute approximate surface area is 102 Å². The first-order valence-corrected chi connectivity index (χ1v) is 7.50. The van der Waals surface area contributed by atoms with Gasteiger partial charge in [0.1, 0.15) is 0 Å². The average Bonchev–Trinajstić information content (AvgIpc) is 2.28. The van der Waals surface area contributed by atoms with E-state index >= 15 is 0 Å². The van der Waals surface area contributed by atoms with Crippen molar-refractivity contribution in [2.75, 3.05) is 52.1 Å². The highest BCUT2D eigenvalue weighted by Gasteiger charge is 2.16. The van der Waals surface area contributed by atoms with Gasteiger partial charge in [0.05, 0.1) is 0 Å². The molecule has 1 fully saturated rings. The topological polar surface area (TPSA) is 49.6 Å². The molecular formula is C11H25N3OS. The number of hydrogen-bond acceptors (Lipinski definition) is 4. The van der Waals surface area contributed by atoms with E-state index in [1.807, 2.05) is 6.92 Å². The molecule has 0 aromatic heterocycles. The molecule has 0 aromatic rings. The molecule has 2 unspecified atom stereocenters. The largest absolute Gasteiger partial charge is 0.330 e. The van der Waals surface area contributed by atoms with Crippen molar-refractivity contribution in [2.45, 2.75) is 18.6 Å². The molecule has 5 heteroatoms. The minimum atomic E-state index is -0.710. The molecule has 0 aliphatic carbocycles. The number of piperazine rings is 1. The summed E-state index contributed by atoms with van der Waals surface area (Å²) >= 11 is 0. The van der Waals surface area contributed by atoms with Crippen LogP contribution < -0.4 is 5.73 Å². The van der Waals surface area contributed by atoms with Crippen molar-refractivity contribution in [2.24, 2.45) is 5.73 Å². The number of likely N-dealkylation sites (N-methyl/N-ethyl adjacent to an activating group) is 1. The predicted molar refractivity (Wildman–Crippen MR) is 70.1 cm³/mol. The van der Waals surface area contributed by atoms with E-state index in [1.54, 1.807) is 0 Å². The van der Waals surface area contributed by atoms with E-state index in [9.17, 15) is 4.21 Å². The monoisotopic (exact) mass is 247 g/mol. The summed E-state index contributed by atoms with van der Waals surface area (Å²) in [7, 11) is 1.44. The van der Waals surface area contributed by atoms with Crippen LogP contribution in [0, 0.1) is 0 Å². The summed E-state index contributed by atoms with van der Waals surface area (Å²) in [6.45, 7) is 8.12. The van der Waals surface area contributed by atoms with Crippen LogP contribution in [0.2, 0.25) is 0 Å². The zero-order valence-electron chi connectivity index (χ0n) is 10.5. The lowest BCUT2D eigenvalue weighted by atomic mass is 10.3. The molecule has 1 heterocycles. The maximum absolute atomic E-state index is 11.9. The number of nitrogens with two attached hydrogens (primary N) is 1. The number of hydrogen-bond donors (Lipinski definition) is 1. The minimum absolute atomic E-state index is 0.248. The van der Waals surface area contributed by atoms with E-state index < -0.39 is 10.8 Å². The standard InChI is InChI=1S/C11H25N3OS/c1-11(3-4-12)16(15)10-9-14-7-5-13(2)6-8-14/h11H,3-10,12H2,1-2H3. The molecule has 0 amide bonds. The summed E-state index contributed by atoms with van der Waals surface area (Å²) in [5, 5.41) is 0.248. The summed E-state index contributed by atoms with van der Waals surface area (Å²) in [4.78, 5) is 4.75. The van der Waals surface area contributed by atoms with Gasteiger partial charge in [-0.2, -0.15) is 0 Å². The molecule has 1 rings (SSSR count). The maximum Gasteiger partial charge on any atom is 0.0365 e. The second-order valence-electron chi connectivity index (χ2n) is 4.62. The second kappa shape index (κ2) is 7.37. The van der Waals surface area contributed by atoms with Crippen molar-refractivity contribution in [3.63, 3.8) is 0 Å². The van der Waals surface area contributed by atoms with Crippen LogP contribution in [0.4, 0.5) is 0 Å². The van der Waals surface area contributed by atoms with Gasteiger partial charge in [0.25, 0.3) is 0 Å². The molecule has 0 bridgehead atoms. The van der Waals surface area contributed by atoms with Crippen molar-refractivity contribution in [3.8, 4) is 0 Å². The lowest BCUT2D eigenvalue weighted by molar-refractivity contribution is 0.161. The SMILES string of the molecule is CC(CCN)S(=O)CCN1CCN(C)CC1. The molecule has 2 atom stereocenters. The fourth-order valence-electron chi connectivity index (χ4n) is 1.86. The quantitative estimate of drug-likeness (QED) is 0.701. The van der Waals surface area contributed by atoms with Gasteiger partial charge in [0.15, 0.2) is 0 Å². The van der Waals surface area contributed by atoms with Gasteiger partial charge in [0, 0.05) is 54.5 Å². The van der Waals surface area contributed by atoms with Crippen LogP contribution in [0.1, 0.15) is 13.3 Å². The Hall–Kier alpha value is 0.0300. The Morgan fingerprint density at radius 1 is 1.31 bits per heavy atom. The molecule has 0 saturated carbocycles. The molecule has 0 spiro atoms. The predicted octanol–water partition coefficient (Wildman–Crippen LogP) is -0.280. The molecule has 2 N–H and O–H groups in total. The van der Waals surface area contributed by atoms with Crippen LogP contribution in [0.3, 0.4) is 0 Å². The Kier molecular flexibility index (Phi) is 6.49. The maximum atomic E-state index is 11.9. The summed E-state index contributed by atoms with van der Waals surface area (Å²) < 4.78 is 11.9. The van der Waals surface area contributed by atoms with E-state index in [2.05, 4.69) is 16.8 Å². The zero-order valence-corrected chi connectivity index (χ0v) is 11.3. The Morgan fingerprint density at radius 2 is 1.94 bits per heavy atom. The van der Waals surface area contributed by atoms with Crippen molar-refractivity contribution >= 4 is 10.8 Å². The first-order chi connectivity index (χ1) is 7.63. The lowest BCUT2D eigenvalue weighted by Gasteiger charge is -2.32. The molecule has 4 nitrogen and oxygen atoms in total. The molecule has 96 valence electrons. The highest BCUT2D eigenvalue weighted by molar-refractivity contribution is 7.85. The lowest BCUT2D eigenvalue weighted by Crippen LogP contribution is -2.45. The van der Waals surface area contributed by atoms with Gasteiger partial charge in [-0.1, -0.05) is 6.92 Å². The van der Waals surface area contributed by atoms with Crippen LogP contribution in [0.25, 0.3) is 0 Å². The molecule has 0 radical (unpaired) electrons. The van der Waals surface area contributed by atoms with E-state index in [4.69, 9.17) is 5.73 Å². The highest BCUT2D eigenvalue weighted by atomic mass is 32.2. The van der Waals surface area contributed by atoms with Crippen LogP contribution in [-0.2, 0) is 10.8 Å². The summed E-state index contributed by atoms with van der Waals surface area (Å²) in [6, 6.07) is 0. The van der Waals surface area contributed by atoms with Crippen molar-refractivity contribution in [1.82, 2.24) is 9.80 Å². The molecule has 16 heavy (non-hydrogen) atoms. The molecule has 1 aliphatic heterocycles. The van der Waals surface area contributed by atoms with Gasteiger partial charge >= 0.3 is 0 Å². The highest BCUT2D eigenvalue weighted by Crippen LogP contribution is 2.03. The molecular weight excluding hydrogens is 222 g/mol. The molecule has 1 aliphatic rings. The first-order valence-electron chi connectivity index (χ1n) is 6.11. The fraction of sp³-hybridized carbons (Fsp3) is 1.00. The van der Waals surface area contributed by atoms with Gasteiger partial charge in [-0.25, -0.2) is 0 Å². The van der Waals surface area contributed by atoms with Crippen LogP contribution in [0.15, 0.2) is 0 Å². The normalized spacial score (nSPS) is 23.2. The van der Waals surface area contributed by atoms with E-state index in [1.165, 1.54) is 0 Å². The third-order valence-electron chi connectivity index (χ3n) is 3.23. The minimum Gasteiger partial charge on any atom is -0.330 e. The van der Waals surface area contributed by atoms with Crippen LogP contribution in [0.5, 0.6) is 0 Å². The third-order valence-corrected chi connectivity index (χ3v) is 4.94. The summed E-state index contributed by atoms with van der Waals surface area (Å²) in [6.07, 6.45) is 0.870. The van der Waals surface area contributed by atoms with E-state index in [0.717, 1.165) is 44.9 Å². The van der Waals surface area contributed by atoms with Crippen molar-refractivity contribution < 1.29 is 4.21 Å². The summed E-state index contributed by atoms with van der Waals surface area (Å²) in [5.74, 6) is 0.797. The number of rotatable bonds is 6. The molecule has 1 saturated heterocycles. The number of nitrogens with zero attached hydrogens (tertiary/aromatic N) is 2. The van der Waals surface area contributed by atoms with Gasteiger partial charge in [-0.05, 0) is 20.0 Å². The van der Waals surface area contributed by atoms with Crippen molar-refractivity contribution in [1.29, 1.82) is 0 Å². The second-order valence-corrected chi connectivity index (χ2v) is 6.59. The zero-order chi connectivity index (χ0) is 12.0. The van der Waals surface area contributed by atoms with Gasteiger partial charge in [-0.15, -0.1) is 0 Å². The van der Waals surface area contributed by atoms with E-state index in [0.29, 0.717) is 6.54 Å². The van der Waals surface area contributed by atoms with Crippen LogP contribution >= 0.6 is 0 Å². The average molecular weight is 247 g/mol. The van der Waals surface area contributed by atoms with Gasteiger partial charge in [-0.3, -0.25) is 9.11 Å². The Bertz CT molecular complexity index is 217. The van der Waals surface area contributed by atoms with Crippen molar-refractivity contribution in [3.05, 3.63) is 0 Å². The summed E-state index contributed by atoms with van der Waals surface area (Å²) in [5.41, 5.74) is 5.47. The Balaban J connectivity index is 2.16. The first kappa shape index (κ1) is 14.1. The third kappa shape index (κ3) is 4.91. The van der Waals surface area contributed by atoms with Gasteiger partial charge < -0.3 is 10.6 Å². The fourth-order valence-corrected chi connectivity index (χ4v) is 3.10. The Morgan fingerprint density at radius 3 is 2.50 bits per heavy atom. The molecule has 0 aromatic carbocycles. The van der Waals surface area contributed by atoms with E-state index in [-0.39, 0.29) is 5.25 Å². The van der Waals surface area contributed by atoms with Crippen LogP contribution in [-0.4, -0.2) is 71.3 Å². The van der Waals surface area contributed by atoms with Gasteiger partial charge in [0.2, 0.25) is 0 Å². The smallest absolute Gasteiger partial charge is 0.0365 e.